The first-order valence-corrected chi connectivity index (χ1v) is 9.30. The molecule has 0 spiro atoms. The van der Waals surface area contributed by atoms with Crippen LogP contribution in [0.2, 0.25) is 0 Å². The Labute approximate surface area is 140 Å². The second-order valence-electron chi connectivity index (χ2n) is 5.92. The number of nitrogens with one attached hydrogen (secondary N) is 1. The number of rotatable bonds is 3. The van der Waals surface area contributed by atoms with Crippen LogP contribution < -0.4 is 9.62 Å². The predicted molar refractivity (Wildman–Crippen MR) is 91.3 cm³/mol. The monoisotopic (exact) mass is 348 g/mol. The summed E-state index contributed by atoms with van der Waals surface area (Å²) in [5.74, 6) is -0.699. The van der Waals surface area contributed by atoms with Crippen LogP contribution in [-0.2, 0) is 16.4 Å². The Morgan fingerprint density at radius 3 is 2.50 bits per heavy atom. The number of hydrogen-bond acceptors (Lipinski definition) is 3. The molecule has 1 aliphatic rings. The van der Waals surface area contributed by atoms with E-state index in [1.165, 1.54) is 34.8 Å². The summed E-state index contributed by atoms with van der Waals surface area (Å²) < 4.78 is 38.1. The second-order valence-corrected chi connectivity index (χ2v) is 7.78. The Morgan fingerprint density at radius 2 is 1.88 bits per heavy atom. The first kappa shape index (κ1) is 16.4. The Kier molecular flexibility index (Phi) is 4.04. The number of hydrogen-bond donors (Lipinski definition) is 1. The van der Waals surface area contributed by atoms with E-state index in [1.807, 2.05) is 6.92 Å². The van der Waals surface area contributed by atoms with Gasteiger partial charge in [0.25, 0.3) is 5.91 Å². The summed E-state index contributed by atoms with van der Waals surface area (Å²) in [6, 6.07) is 10.3. The highest BCUT2D eigenvalue weighted by molar-refractivity contribution is 7.92. The summed E-state index contributed by atoms with van der Waals surface area (Å²) in [4.78, 5) is 12.3. The van der Waals surface area contributed by atoms with Crippen molar-refractivity contribution in [3.63, 3.8) is 0 Å². The van der Waals surface area contributed by atoms with Crippen LogP contribution >= 0.6 is 0 Å². The third-order valence-electron chi connectivity index (χ3n) is 3.95. The van der Waals surface area contributed by atoms with Gasteiger partial charge in [0.2, 0.25) is 10.0 Å². The molecule has 0 unspecified atom stereocenters. The van der Waals surface area contributed by atoms with Crippen molar-refractivity contribution in [1.82, 2.24) is 0 Å². The zero-order chi connectivity index (χ0) is 17.5. The van der Waals surface area contributed by atoms with Gasteiger partial charge in [-0.1, -0.05) is 0 Å². The Morgan fingerprint density at radius 1 is 1.21 bits per heavy atom. The van der Waals surface area contributed by atoms with Crippen LogP contribution in [0.4, 0.5) is 15.8 Å². The molecule has 2 aromatic carbocycles. The summed E-state index contributed by atoms with van der Waals surface area (Å²) in [6.45, 7) is 1.83. The average Bonchev–Trinajstić information content (AvgIpc) is 2.84. The molecule has 0 aliphatic carbocycles. The number of carbonyl (C=O) groups excluding carboxylic acids is 1. The molecule has 0 aromatic heterocycles. The fourth-order valence-electron chi connectivity index (χ4n) is 2.99. The van der Waals surface area contributed by atoms with Crippen molar-refractivity contribution < 1.29 is 17.6 Å². The molecule has 24 heavy (non-hydrogen) atoms. The molecule has 1 N–H and O–H groups in total. The molecule has 7 heteroatoms. The SMILES string of the molecule is C[C@H]1Cc2cc(C(=O)Nc3ccc(F)cc3)ccc2N1S(C)(=O)=O. The number of fused-ring (bicyclic) bond motifs is 1. The van der Waals surface area contributed by atoms with E-state index in [0.29, 0.717) is 23.4 Å². The normalized spacial score (nSPS) is 16.8. The molecular weight excluding hydrogens is 331 g/mol. The molecule has 1 heterocycles. The van der Waals surface area contributed by atoms with E-state index in [-0.39, 0.29) is 17.8 Å². The highest BCUT2D eigenvalue weighted by atomic mass is 32.2. The van der Waals surface area contributed by atoms with Gasteiger partial charge in [0.05, 0.1) is 11.9 Å². The van der Waals surface area contributed by atoms with Crippen LogP contribution in [0.1, 0.15) is 22.8 Å². The molecule has 3 rings (SSSR count). The van der Waals surface area contributed by atoms with E-state index in [4.69, 9.17) is 0 Å². The first-order chi connectivity index (χ1) is 11.3. The minimum Gasteiger partial charge on any atom is -0.322 e. The van der Waals surface area contributed by atoms with Gasteiger partial charge in [-0.05, 0) is 61.4 Å². The lowest BCUT2D eigenvalue weighted by Crippen LogP contribution is -2.34. The van der Waals surface area contributed by atoms with Crippen molar-refractivity contribution in [2.45, 2.75) is 19.4 Å². The lowest BCUT2D eigenvalue weighted by Gasteiger charge is -2.21. The fraction of sp³-hybridized carbons (Fsp3) is 0.235. The molecule has 0 radical (unpaired) electrons. The summed E-state index contributed by atoms with van der Waals surface area (Å²) in [5.41, 5.74) is 2.36. The van der Waals surface area contributed by atoms with Gasteiger partial charge in [-0.3, -0.25) is 9.10 Å². The third-order valence-corrected chi connectivity index (χ3v) is 5.23. The van der Waals surface area contributed by atoms with Gasteiger partial charge < -0.3 is 5.32 Å². The molecule has 1 aliphatic heterocycles. The Balaban J connectivity index is 1.86. The number of carbonyl (C=O) groups is 1. The fourth-order valence-corrected chi connectivity index (χ4v) is 4.25. The number of anilines is 2. The van der Waals surface area contributed by atoms with Gasteiger partial charge in [-0.2, -0.15) is 0 Å². The van der Waals surface area contributed by atoms with Crippen LogP contribution in [-0.4, -0.2) is 26.6 Å². The molecule has 5 nitrogen and oxygen atoms in total. The van der Waals surface area contributed by atoms with E-state index in [0.717, 1.165) is 5.56 Å². The summed E-state index contributed by atoms with van der Waals surface area (Å²) in [6.07, 6.45) is 1.73. The summed E-state index contributed by atoms with van der Waals surface area (Å²) in [7, 11) is -3.35. The quantitative estimate of drug-likeness (QED) is 0.927. The Hall–Kier alpha value is -2.41. The molecule has 0 bridgehead atoms. The first-order valence-electron chi connectivity index (χ1n) is 7.45. The maximum atomic E-state index is 12.9. The lowest BCUT2D eigenvalue weighted by molar-refractivity contribution is 0.102. The van der Waals surface area contributed by atoms with E-state index < -0.39 is 10.0 Å². The number of halogens is 1. The van der Waals surface area contributed by atoms with Gasteiger partial charge in [-0.25, -0.2) is 12.8 Å². The molecule has 2 aromatic rings. The number of nitrogens with zero attached hydrogens (tertiary/aromatic N) is 1. The van der Waals surface area contributed by atoms with Crippen LogP contribution in [0, 0.1) is 5.82 Å². The Bertz CT molecular complexity index is 895. The lowest BCUT2D eigenvalue weighted by atomic mass is 10.1. The van der Waals surface area contributed by atoms with Crippen molar-refractivity contribution in [2.24, 2.45) is 0 Å². The van der Waals surface area contributed by atoms with Gasteiger partial charge in [0, 0.05) is 17.3 Å². The van der Waals surface area contributed by atoms with Crippen molar-refractivity contribution >= 4 is 27.3 Å². The molecule has 1 atom stereocenters. The van der Waals surface area contributed by atoms with Gasteiger partial charge in [-0.15, -0.1) is 0 Å². The van der Waals surface area contributed by atoms with Crippen molar-refractivity contribution in [2.75, 3.05) is 15.9 Å². The van der Waals surface area contributed by atoms with Gasteiger partial charge in [0.1, 0.15) is 5.82 Å². The molecular formula is C17H17FN2O3S. The minimum atomic E-state index is -3.35. The molecule has 1 amide bonds. The van der Waals surface area contributed by atoms with Crippen molar-refractivity contribution in [1.29, 1.82) is 0 Å². The van der Waals surface area contributed by atoms with Crippen LogP contribution in [0.25, 0.3) is 0 Å². The van der Waals surface area contributed by atoms with Gasteiger partial charge in [0.15, 0.2) is 0 Å². The number of benzene rings is 2. The maximum absolute atomic E-state index is 12.9. The van der Waals surface area contributed by atoms with Gasteiger partial charge >= 0.3 is 0 Å². The highest BCUT2D eigenvalue weighted by Gasteiger charge is 2.32. The van der Waals surface area contributed by atoms with Crippen molar-refractivity contribution in [3.8, 4) is 0 Å². The topological polar surface area (TPSA) is 66.5 Å². The standard InChI is InChI=1S/C17H17FN2O3S/c1-11-9-13-10-12(3-8-16(13)20(11)24(2,22)23)17(21)19-15-6-4-14(18)5-7-15/h3-8,10-11H,9H2,1-2H3,(H,19,21)/t11-/m0/s1. The predicted octanol–water partition coefficient (Wildman–Crippen LogP) is 2.79. The zero-order valence-corrected chi connectivity index (χ0v) is 14.1. The molecule has 0 saturated heterocycles. The molecule has 126 valence electrons. The third kappa shape index (κ3) is 3.12. The minimum absolute atomic E-state index is 0.176. The molecule has 0 saturated carbocycles. The highest BCUT2D eigenvalue weighted by Crippen LogP contribution is 2.34. The van der Waals surface area contributed by atoms with E-state index >= 15 is 0 Å². The average molecular weight is 348 g/mol. The molecule has 0 fully saturated rings. The largest absolute Gasteiger partial charge is 0.322 e. The van der Waals surface area contributed by atoms with Crippen molar-refractivity contribution in [3.05, 3.63) is 59.4 Å². The summed E-state index contributed by atoms with van der Waals surface area (Å²) in [5, 5.41) is 2.69. The van der Waals surface area contributed by atoms with Crippen LogP contribution in [0.5, 0.6) is 0 Å². The number of sulfonamides is 1. The second kappa shape index (κ2) is 5.90. The van der Waals surface area contributed by atoms with E-state index in [2.05, 4.69) is 5.32 Å². The smallest absolute Gasteiger partial charge is 0.255 e. The van der Waals surface area contributed by atoms with E-state index in [9.17, 15) is 17.6 Å². The zero-order valence-electron chi connectivity index (χ0n) is 13.3. The van der Waals surface area contributed by atoms with E-state index in [1.54, 1.807) is 18.2 Å². The number of amides is 1. The van der Waals surface area contributed by atoms with Crippen LogP contribution in [0.3, 0.4) is 0 Å². The maximum Gasteiger partial charge on any atom is 0.255 e. The summed E-state index contributed by atoms with van der Waals surface area (Å²) >= 11 is 0. The van der Waals surface area contributed by atoms with Crippen LogP contribution in [0.15, 0.2) is 42.5 Å².